The topological polar surface area (TPSA) is 43.6 Å². The molecule has 0 fully saturated rings. The summed E-state index contributed by atoms with van der Waals surface area (Å²) in [6.45, 7) is 0.385. The second-order valence-corrected chi connectivity index (χ2v) is 3.70. The van der Waals surface area contributed by atoms with Crippen LogP contribution in [-0.4, -0.2) is 20.2 Å². The van der Waals surface area contributed by atoms with Crippen LogP contribution < -0.4 is 0 Å². The van der Waals surface area contributed by atoms with Crippen LogP contribution in [0, 0.1) is 12.3 Å². The third-order valence-corrected chi connectivity index (χ3v) is 2.37. The van der Waals surface area contributed by atoms with Crippen molar-refractivity contribution in [3.63, 3.8) is 0 Å². The van der Waals surface area contributed by atoms with E-state index in [9.17, 15) is 0 Å². The average molecular weight is 233 g/mol. The molecule has 0 atom stereocenters. The summed E-state index contributed by atoms with van der Waals surface area (Å²) in [5.41, 5.74) is 1.09. The third kappa shape index (κ3) is 2.38. The second-order valence-electron chi connectivity index (χ2n) is 3.26. The molecule has 0 spiro atoms. The van der Waals surface area contributed by atoms with E-state index in [1.54, 1.807) is 4.68 Å². The fourth-order valence-corrected chi connectivity index (χ4v) is 1.47. The molecule has 0 saturated carbocycles. The minimum absolute atomic E-state index is 0.385. The Morgan fingerprint density at radius 3 is 2.75 bits per heavy atom. The van der Waals surface area contributed by atoms with Crippen LogP contribution in [0.15, 0.2) is 24.3 Å². The van der Waals surface area contributed by atoms with Crippen LogP contribution in [0.5, 0.6) is 0 Å². The molecule has 0 aliphatic rings. The molecule has 0 radical (unpaired) electrons. The summed E-state index contributed by atoms with van der Waals surface area (Å²) >= 11 is 5.80. The molecule has 1 aromatic carbocycles. The van der Waals surface area contributed by atoms with E-state index >= 15 is 0 Å². The molecule has 0 bridgehead atoms. The quantitative estimate of drug-likeness (QED) is 0.755. The first-order chi connectivity index (χ1) is 7.79. The molecular weight excluding hydrogens is 224 g/mol. The van der Waals surface area contributed by atoms with Gasteiger partial charge in [-0.1, -0.05) is 29.7 Å². The number of halogens is 1. The number of nitrogens with zero attached hydrogens (tertiary/aromatic N) is 4. The molecule has 0 aliphatic heterocycles. The van der Waals surface area contributed by atoms with Gasteiger partial charge in [-0.05, 0) is 28.1 Å². The SMILES string of the molecule is C#CCn1nnnc1Cc1ccc(Cl)cc1. The first-order valence-electron chi connectivity index (χ1n) is 4.72. The van der Waals surface area contributed by atoms with Crippen LogP contribution in [0.2, 0.25) is 5.02 Å². The molecule has 1 heterocycles. The third-order valence-electron chi connectivity index (χ3n) is 2.12. The Labute approximate surface area is 98.2 Å². The van der Waals surface area contributed by atoms with Crippen molar-refractivity contribution in [2.24, 2.45) is 0 Å². The average Bonchev–Trinajstić information content (AvgIpc) is 2.70. The van der Waals surface area contributed by atoms with Gasteiger partial charge in [-0.2, -0.15) is 0 Å². The van der Waals surface area contributed by atoms with Crippen LogP contribution in [0.25, 0.3) is 0 Å². The minimum atomic E-state index is 0.385. The van der Waals surface area contributed by atoms with Gasteiger partial charge in [0, 0.05) is 11.4 Å². The highest BCUT2D eigenvalue weighted by Gasteiger charge is 2.05. The summed E-state index contributed by atoms with van der Waals surface area (Å²) < 4.78 is 1.61. The number of benzene rings is 1. The lowest BCUT2D eigenvalue weighted by molar-refractivity contribution is 0.646. The largest absolute Gasteiger partial charge is 0.217 e. The van der Waals surface area contributed by atoms with Crippen molar-refractivity contribution in [1.82, 2.24) is 20.2 Å². The lowest BCUT2D eigenvalue weighted by atomic mass is 10.1. The number of terminal acetylenes is 1. The standard InChI is InChI=1S/C11H9ClN4/c1-2-7-16-11(13-14-15-16)8-9-3-5-10(12)6-4-9/h1,3-6H,7-8H2. The van der Waals surface area contributed by atoms with Crippen LogP contribution in [0.3, 0.4) is 0 Å². The van der Waals surface area contributed by atoms with E-state index < -0.39 is 0 Å². The van der Waals surface area contributed by atoms with Gasteiger partial charge in [-0.15, -0.1) is 11.5 Å². The van der Waals surface area contributed by atoms with Crippen LogP contribution in [0.4, 0.5) is 0 Å². The number of tetrazole rings is 1. The lowest BCUT2D eigenvalue weighted by Crippen LogP contribution is -2.05. The number of aromatic nitrogens is 4. The van der Waals surface area contributed by atoms with Crippen LogP contribution in [-0.2, 0) is 13.0 Å². The highest BCUT2D eigenvalue weighted by atomic mass is 35.5. The molecular formula is C11H9ClN4. The van der Waals surface area contributed by atoms with Crippen molar-refractivity contribution in [3.05, 3.63) is 40.7 Å². The fraction of sp³-hybridized carbons (Fsp3) is 0.182. The lowest BCUT2D eigenvalue weighted by Gasteiger charge is -2.01. The molecule has 4 nitrogen and oxygen atoms in total. The highest BCUT2D eigenvalue weighted by Crippen LogP contribution is 2.11. The molecule has 2 aromatic rings. The Morgan fingerprint density at radius 2 is 2.06 bits per heavy atom. The number of rotatable bonds is 3. The Kier molecular flexibility index (Phi) is 3.18. The van der Waals surface area contributed by atoms with Crippen molar-refractivity contribution >= 4 is 11.6 Å². The Morgan fingerprint density at radius 1 is 1.31 bits per heavy atom. The molecule has 2 rings (SSSR count). The first-order valence-corrected chi connectivity index (χ1v) is 5.10. The van der Waals surface area contributed by atoms with Gasteiger partial charge in [-0.3, -0.25) is 0 Å². The Bertz CT molecular complexity index is 510. The van der Waals surface area contributed by atoms with Gasteiger partial charge in [-0.25, -0.2) is 4.68 Å². The molecule has 0 amide bonds. The maximum Gasteiger partial charge on any atom is 0.156 e. The summed E-state index contributed by atoms with van der Waals surface area (Å²) in [5, 5.41) is 12.0. The van der Waals surface area contributed by atoms with Crippen molar-refractivity contribution in [3.8, 4) is 12.3 Å². The van der Waals surface area contributed by atoms with Gasteiger partial charge in [0.15, 0.2) is 5.82 Å². The van der Waals surface area contributed by atoms with E-state index in [4.69, 9.17) is 18.0 Å². The van der Waals surface area contributed by atoms with Gasteiger partial charge < -0.3 is 0 Å². The van der Waals surface area contributed by atoms with Gasteiger partial charge in [0.05, 0.1) is 0 Å². The van der Waals surface area contributed by atoms with Gasteiger partial charge >= 0.3 is 0 Å². The summed E-state index contributed by atoms with van der Waals surface area (Å²) in [7, 11) is 0. The molecule has 1 aromatic heterocycles. The van der Waals surface area contributed by atoms with Gasteiger partial charge in [0.2, 0.25) is 0 Å². The maximum atomic E-state index is 5.80. The monoisotopic (exact) mass is 232 g/mol. The predicted molar refractivity (Wildman–Crippen MR) is 60.9 cm³/mol. The first kappa shape index (κ1) is 10.7. The van der Waals surface area contributed by atoms with Gasteiger partial charge in [0.1, 0.15) is 6.54 Å². The zero-order chi connectivity index (χ0) is 11.4. The molecule has 80 valence electrons. The minimum Gasteiger partial charge on any atom is -0.217 e. The molecule has 0 saturated heterocycles. The number of hydrogen-bond acceptors (Lipinski definition) is 3. The van der Waals surface area contributed by atoms with Crippen molar-refractivity contribution < 1.29 is 0 Å². The zero-order valence-corrected chi connectivity index (χ0v) is 9.22. The Hall–Kier alpha value is -1.86. The molecule has 0 unspecified atom stereocenters. The second kappa shape index (κ2) is 4.77. The van der Waals surface area contributed by atoms with E-state index in [1.807, 2.05) is 24.3 Å². The molecule has 5 heteroatoms. The Balaban J connectivity index is 2.17. The van der Waals surface area contributed by atoms with E-state index in [1.165, 1.54) is 0 Å². The summed E-state index contributed by atoms with van der Waals surface area (Å²) in [6, 6.07) is 7.56. The van der Waals surface area contributed by atoms with Crippen molar-refractivity contribution in [2.75, 3.05) is 0 Å². The normalized spacial score (nSPS) is 10.0. The highest BCUT2D eigenvalue weighted by molar-refractivity contribution is 6.30. The van der Waals surface area contributed by atoms with Crippen molar-refractivity contribution in [1.29, 1.82) is 0 Å². The fourth-order valence-electron chi connectivity index (χ4n) is 1.34. The zero-order valence-electron chi connectivity index (χ0n) is 8.47. The molecule has 16 heavy (non-hydrogen) atoms. The predicted octanol–water partition coefficient (Wildman–Crippen LogP) is 1.55. The molecule has 0 N–H and O–H groups in total. The summed E-state index contributed by atoms with van der Waals surface area (Å²) in [5.74, 6) is 3.25. The maximum absolute atomic E-state index is 5.80. The van der Waals surface area contributed by atoms with E-state index in [0.717, 1.165) is 11.4 Å². The van der Waals surface area contributed by atoms with Crippen LogP contribution >= 0.6 is 11.6 Å². The van der Waals surface area contributed by atoms with Crippen LogP contribution in [0.1, 0.15) is 11.4 Å². The summed E-state index contributed by atoms with van der Waals surface area (Å²) in [6.07, 6.45) is 5.86. The van der Waals surface area contributed by atoms with Crippen molar-refractivity contribution in [2.45, 2.75) is 13.0 Å². The van der Waals surface area contributed by atoms with E-state index in [2.05, 4.69) is 21.4 Å². The van der Waals surface area contributed by atoms with E-state index in [-0.39, 0.29) is 0 Å². The molecule has 0 aliphatic carbocycles. The number of hydrogen-bond donors (Lipinski definition) is 0. The van der Waals surface area contributed by atoms with Gasteiger partial charge in [0.25, 0.3) is 0 Å². The summed E-state index contributed by atoms with van der Waals surface area (Å²) in [4.78, 5) is 0. The van der Waals surface area contributed by atoms with E-state index in [0.29, 0.717) is 18.0 Å². The smallest absolute Gasteiger partial charge is 0.156 e.